The van der Waals surface area contributed by atoms with Crippen molar-refractivity contribution < 1.29 is 0 Å². The van der Waals surface area contributed by atoms with Gasteiger partial charge in [0.05, 0.1) is 6.20 Å². The van der Waals surface area contributed by atoms with Crippen LogP contribution in [0.2, 0.25) is 0 Å². The standard InChI is InChI=1S/C11H11N3/c1-14(10-5-3-2-4-6-10)11-9-12-7-8-13-11/h2-9H,1H3. The lowest BCUT2D eigenvalue weighted by atomic mass is 10.3. The highest BCUT2D eigenvalue weighted by Crippen LogP contribution is 2.18. The summed E-state index contributed by atoms with van der Waals surface area (Å²) in [6.45, 7) is 0. The SMILES string of the molecule is CN(c1ccccc1)c1cnccn1. The van der Waals surface area contributed by atoms with Gasteiger partial charge in [-0.1, -0.05) is 18.2 Å². The normalized spacial score (nSPS) is 9.79. The molecule has 0 atom stereocenters. The van der Waals surface area contributed by atoms with Crippen molar-refractivity contribution in [3.63, 3.8) is 0 Å². The molecule has 1 heterocycles. The molecule has 70 valence electrons. The van der Waals surface area contributed by atoms with Gasteiger partial charge >= 0.3 is 0 Å². The van der Waals surface area contributed by atoms with Crippen LogP contribution in [0, 0.1) is 0 Å². The fourth-order valence-corrected chi connectivity index (χ4v) is 1.25. The topological polar surface area (TPSA) is 29.0 Å². The lowest BCUT2D eigenvalue weighted by Gasteiger charge is -2.16. The number of benzene rings is 1. The van der Waals surface area contributed by atoms with Crippen molar-refractivity contribution in [3.8, 4) is 0 Å². The Balaban J connectivity index is 2.30. The first-order chi connectivity index (χ1) is 6.88. The molecule has 0 saturated heterocycles. The van der Waals surface area contributed by atoms with Gasteiger partial charge in [0.1, 0.15) is 0 Å². The van der Waals surface area contributed by atoms with Crippen molar-refractivity contribution in [2.75, 3.05) is 11.9 Å². The Morgan fingerprint density at radius 3 is 2.50 bits per heavy atom. The molecule has 0 bridgehead atoms. The van der Waals surface area contributed by atoms with E-state index in [9.17, 15) is 0 Å². The Morgan fingerprint density at radius 2 is 1.86 bits per heavy atom. The number of hydrogen-bond donors (Lipinski definition) is 0. The molecule has 1 aromatic carbocycles. The number of anilines is 2. The quantitative estimate of drug-likeness (QED) is 0.718. The second-order valence-corrected chi connectivity index (χ2v) is 2.96. The first-order valence-electron chi connectivity index (χ1n) is 4.43. The van der Waals surface area contributed by atoms with Crippen molar-refractivity contribution in [1.29, 1.82) is 0 Å². The van der Waals surface area contributed by atoms with E-state index in [1.165, 1.54) is 0 Å². The summed E-state index contributed by atoms with van der Waals surface area (Å²) in [7, 11) is 1.97. The molecule has 0 saturated carbocycles. The third-order valence-electron chi connectivity index (χ3n) is 2.04. The highest BCUT2D eigenvalue weighted by molar-refractivity contribution is 5.57. The molecule has 0 amide bonds. The maximum Gasteiger partial charge on any atom is 0.151 e. The molecule has 0 aliphatic carbocycles. The summed E-state index contributed by atoms with van der Waals surface area (Å²) in [4.78, 5) is 10.2. The van der Waals surface area contributed by atoms with E-state index in [0.717, 1.165) is 11.5 Å². The molecule has 0 N–H and O–H groups in total. The highest BCUT2D eigenvalue weighted by Gasteiger charge is 2.02. The molecule has 2 rings (SSSR count). The minimum absolute atomic E-state index is 0.846. The largest absolute Gasteiger partial charge is 0.328 e. The van der Waals surface area contributed by atoms with Crippen LogP contribution in [0.15, 0.2) is 48.9 Å². The minimum Gasteiger partial charge on any atom is -0.328 e. The monoisotopic (exact) mass is 185 g/mol. The van der Waals surface area contributed by atoms with Gasteiger partial charge in [0.15, 0.2) is 5.82 Å². The van der Waals surface area contributed by atoms with Gasteiger partial charge < -0.3 is 4.90 Å². The Bertz CT molecular complexity index is 346. The Kier molecular flexibility index (Phi) is 2.40. The number of rotatable bonds is 2. The van der Waals surface area contributed by atoms with E-state index in [-0.39, 0.29) is 0 Å². The number of nitrogens with zero attached hydrogens (tertiary/aromatic N) is 3. The predicted molar refractivity (Wildman–Crippen MR) is 56.5 cm³/mol. The van der Waals surface area contributed by atoms with Gasteiger partial charge in [0.25, 0.3) is 0 Å². The van der Waals surface area contributed by atoms with Crippen LogP contribution in [-0.2, 0) is 0 Å². The van der Waals surface area contributed by atoms with E-state index in [0.29, 0.717) is 0 Å². The fourth-order valence-electron chi connectivity index (χ4n) is 1.25. The Hall–Kier alpha value is -1.90. The van der Waals surface area contributed by atoms with Crippen LogP contribution in [0.25, 0.3) is 0 Å². The third kappa shape index (κ3) is 1.71. The Labute approximate surface area is 83.1 Å². The summed E-state index contributed by atoms with van der Waals surface area (Å²) >= 11 is 0. The summed E-state index contributed by atoms with van der Waals surface area (Å²) in [5.74, 6) is 0.846. The molecular weight excluding hydrogens is 174 g/mol. The van der Waals surface area contributed by atoms with Gasteiger partial charge in [-0.05, 0) is 12.1 Å². The molecule has 0 unspecified atom stereocenters. The zero-order valence-electron chi connectivity index (χ0n) is 7.96. The van der Waals surface area contributed by atoms with Crippen LogP contribution in [0.5, 0.6) is 0 Å². The summed E-state index contributed by atoms with van der Waals surface area (Å²) in [5.41, 5.74) is 1.10. The average Bonchev–Trinajstić information content (AvgIpc) is 2.30. The maximum absolute atomic E-state index is 4.22. The number of para-hydroxylation sites is 1. The van der Waals surface area contributed by atoms with Crippen LogP contribution < -0.4 is 4.90 Å². The molecule has 0 fully saturated rings. The van der Waals surface area contributed by atoms with Crippen LogP contribution in [0.3, 0.4) is 0 Å². The number of hydrogen-bond acceptors (Lipinski definition) is 3. The van der Waals surface area contributed by atoms with E-state index >= 15 is 0 Å². The molecule has 0 aliphatic heterocycles. The first kappa shape index (κ1) is 8.69. The van der Waals surface area contributed by atoms with Gasteiger partial charge in [-0.25, -0.2) is 4.98 Å². The molecule has 2 aromatic rings. The van der Waals surface area contributed by atoms with E-state index in [4.69, 9.17) is 0 Å². The van der Waals surface area contributed by atoms with Gasteiger partial charge in [-0.3, -0.25) is 4.98 Å². The van der Waals surface area contributed by atoms with Gasteiger partial charge in [-0.2, -0.15) is 0 Å². The van der Waals surface area contributed by atoms with E-state index in [2.05, 4.69) is 9.97 Å². The van der Waals surface area contributed by atoms with Crippen LogP contribution in [-0.4, -0.2) is 17.0 Å². The van der Waals surface area contributed by atoms with E-state index in [1.807, 2.05) is 42.3 Å². The lowest BCUT2D eigenvalue weighted by Crippen LogP contribution is -2.10. The molecule has 3 nitrogen and oxygen atoms in total. The highest BCUT2D eigenvalue weighted by atomic mass is 15.2. The van der Waals surface area contributed by atoms with Crippen molar-refractivity contribution >= 4 is 11.5 Å². The number of aromatic nitrogens is 2. The predicted octanol–water partition coefficient (Wildman–Crippen LogP) is 2.24. The third-order valence-corrected chi connectivity index (χ3v) is 2.04. The Morgan fingerprint density at radius 1 is 1.07 bits per heavy atom. The second-order valence-electron chi connectivity index (χ2n) is 2.96. The van der Waals surface area contributed by atoms with Crippen LogP contribution in [0.1, 0.15) is 0 Å². The fraction of sp³-hybridized carbons (Fsp3) is 0.0909. The van der Waals surface area contributed by atoms with Crippen molar-refractivity contribution in [2.24, 2.45) is 0 Å². The lowest BCUT2D eigenvalue weighted by molar-refractivity contribution is 1.09. The van der Waals surface area contributed by atoms with E-state index < -0.39 is 0 Å². The van der Waals surface area contributed by atoms with Gasteiger partial charge in [0.2, 0.25) is 0 Å². The van der Waals surface area contributed by atoms with Crippen LogP contribution in [0.4, 0.5) is 11.5 Å². The van der Waals surface area contributed by atoms with E-state index in [1.54, 1.807) is 18.6 Å². The summed E-state index contributed by atoms with van der Waals surface area (Å²) in [6, 6.07) is 10.1. The van der Waals surface area contributed by atoms with Crippen molar-refractivity contribution in [1.82, 2.24) is 9.97 Å². The second kappa shape index (κ2) is 3.87. The zero-order valence-corrected chi connectivity index (χ0v) is 7.96. The average molecular weight is 185 g/mol. The van der Waals surface area contributed by atoms with Gasteiger partial charge in [-0.15, -0.1) is 0 Å². The summed E-state index contributed by atoms with van der Waals surface area (Å²) < 4.78 is 0. The molecular formula is C11H11N3. The molecule has 0 spiro atoms. The molecule has 0 radical (unpaired) electrons. The minimum atomic E-state index is 0.846. The van der Waals surface area contributed by atoms with Crippen molar-refractivity contribution in [2.45, 2.75) is 0 Å². The summed E-state index contributed by atoms with van der Waals surface area (Å²) in [6.07, 6.45) is 5.10. The molecule has 14 heavy (non-hydrogen) atoms. The molecule has 1 aromatic heterocycles. The van der Waals surface area contributed by atoms with Crippen molar-refractivity contribution in [3.05, 3.63) is 48.9 Å². The first-order valence-corrected chi connectivity index (χ1v) is 4.43. The smallest absolute Gasteiger partial charge is 0.151 e. The zero-order chi connectivity index (χ0) is 9.80. The van der Waals surface area contributed by atoms with Crippen LogP contribution >= 0.6 is 0 Å². The molecule has 0 aliphatic rings. The van der Waals surface area contributed by atoms with Gasteiger partial charge in [0, 0.05) is 25.1 Å². The molecule has 3 heteroatoms. The maximum atomic E-state index is 4.22. The summed E-state index contributed by atoms with van der Waals surface area (Å²) in [5, 5.41) is 0.